The minimum Gasteiger partial charge on any atom is -0.448 e. The molecule has 13 heavy (non-hydrogen) atoms. The van der Waals surface area contributed by atoms with Crippen LogP contribution in [-0.2, 0) is 0 Å². The van der Waals surface area contributed by atoms with Gasteiger partial charge in [-0.1, -0.05) is 0 Å². The second-order valence-corrected chi connectivity index (χ2v) is 3.40. The van der Waals surface area contributed by atoms with E-state index in [4.69, 9.17) is 0 Å². The van der Waals surface area contributed by atoms with Crippen molar-refractivity contribution in [2.24, 2.45) is 0 Å². The molecule has 0 saturated carbocycles. The van der Waals surface area contributed by atoms with Gasteiger partial charge in [-0.2, -0.15) is 0 Å². The Morgan fingerprint density at radius 2 is 1.85 bits per heavy atom. The zero-order valence-electron chi connectivity index (χ0n) is 6.95. The van der Waals surface area contributed by atoms with E-state index < -0.39 is 25.9 Å². The van der Waals surface area contributed by atoms with Gasteiger partial charge in [0.25, 0.3) is 5.92 Å². The first kappa shape index (κ1) is 10.8. The van der Waals surface area contributed by atoms with Gasteiger partial charge in [0.1, 0.15) is 0 Å². The molecule has 7 heteroatoms. The van der Waals surface area contributed by atoms with Crippen LogP contribution in [0.5, 0.6) is 0 Å². The topological polar surface area (TPSA) is 3.24 Å². The van der Waals surface area contributed by atoms with Crippen molar-refractivity contribution >= 4 is 6.98 Å². The number of hydrogen-bond donors (Lipinski definition) is 0. The monoisotopic (exact) mass is 202 g/mol. The minimum atomic E-state index is -4.98. The van der Waals surface area contributed by atoms with Crippen LogP contribution in [0, 0.1) is 0 Å². The number of piperidine rings is 1. The van der Waals surface area contributed by atoms with Gasteiger partial charge in [0.2, 0.25) is 0 Å². The Balaban J connectivity index is 2.44. The van der Waals surface area contributed by atoms with Gasteiger partial charge in [-0.15, -0.1) is 0 Å². The summed E-state index contributed by atoms with van der Waals surface area (Å²) in [5.41, 5.74) is 0. The molecule has 0 aromatic rings. The van der Waals surface area contributed by atoms with Crippen molar-refractivity contribution < 1.29 is 21.7 Å². The lowest BCUT2D eigenvalue weighted by Gasteiger charge is -2.35. The number of rotatable bonds is 2. The Hall–Kier alpha value is -0.325. The van der Waals surface area contributed by atoms with Gasteiger partial charge in [0.05, 0.1) is 6.54 Å². The molecule has 1 aliphatic heterocycles. The Bertz CT molecular complexity index is 178. The third-order valence-electron chi connectivity index (χ3n) is 1.94. The van der Waals surface area contributed by atoms with E-state index >= 15 is 0 Å². The summed E-state index contributed by atoms with van der Waals surface area (Å²) in [6.45, 7) is -5.62. The average molecular weight is 202 g/mol. The highest BCUT2D eigenvalue weighted by Gasteiger charge is 2.37. The molecule has 0 amide bonds. The first-order chi connectivity index (χ1) is 5.79. The predicted octanol–water partition coefficient (Wildman–Crippen LogP) is 2.10. The van der Waals surface area contributed by atoms with Crippen LogP contribution >= 0.6 is 0 Å². The molecule has 0 N–H and O–H groups in total. The molecule has 0 spiro atoms. The molecule has 1 fully saturated rings. The fraction of sp³-hybridized carbons (Fsp3) is 1.00. The minimum absolute atomic E-state index is 0.122. The van der Waals surface area contributed by atoms with Crippen molar-refractivity contribution in [1.29, 1.82) is 0 Å². The van der Waals surface area contributed by atoms with Crippen molar-refractivity contribution in [2.75, 3.05) is 19.5 Å². The third-order valence-corrected chi connectivity index (χ3v) is 1.94. The molecule has 1 aliphatic rings. The second kappa shape index (κ2) is 3.44. The molecule has 0 aromatic carbocycles. The molecule has 1 heterocycles. The zero-order valence-corrected chi connectivity index (χ0v) is 6.95. The lowest BCUT2D eigenvalue weighted by Crippen LogP contribution is -2.48. The Labute approximate surface area is 73.0 Å². The Morgan fingerprint density at radius 1 is 1.23 bits per heavy atom. The smallest absolute Gasteiger partial charge is 0.448 e. The van der Waals surface area contributed by atoms with Gasteiger partial charge in [-0.25, -0.2) is 8.78 Å². The van der Waals surface area contributed by atoms with E-state index in [1.807, 2.05) is 0 Å². The van der Waals surface area contributed by atoms with Gasteiger partial charge in [0, 0.05) is 6.42 Å². The first-order valence-corrected chi connectivity index (χ1v) is 4.10. The van der Waals surface area contributed by atoms with Crippen LogP contribution in [0.25, 0.3) is 0 Å². The maximum absolute atomic E-state index is 12.6. The zero-order chi connectivity index (χ0) is 10.1. The van der Waals surface area contributed by atoms with E-state index in [-0.39, 0.29) is 19.4 Å². The predicted molar refractivity (Wildman–Crippen MR) is 39.7 cm³/mol. The van der Waals surface area contributed by atoms with Gasteiger partial charge in [-0.3, -0.25) is 0 Å². The maximum atomic E-state index is 12.6. The summed E-state index contributed by atoms with van der Waals surface area (Å²) >= 11 is 0. The number of nitrogens with zero attached hydrogens (tertiary/aromatic N) is 1. The van der Waals surface area contributed by atoms with Crippen LogP contribution in [0.1, 0.15) is 12.8 Å². The molecule has 0 aliphatic carbocycles. The molecule has 0 atom stereocenters. The maximum Gasteiger partial charge on any atom is 0.492 e. The standard InChI is InChI=1S/C6H10BF5N/c8-6(9)2-1-3-13(4-6)5-7(10,11)12/h1-5H2/q-1. The lowest BCUT2D eigenvalue weighted by molar-refractivity contribution is -0.0610. The summed E-state index contributed by atoms with van der Waals surface area (Å²) in [5.74, 6) is -2.94. The molecule has 1 rings (SSSR count). The van der Waals surface area contributed by atoms with Gasteiger partial charge < -0.3 is 17.8 Å². The fourth-order valence-corrected chi connectivity index (χ4v) is 1.50. The molecule has 0 bridgehead atoms. The van der Waals surface area contributed by atoms with Crippen molar-refractivity contribution in [1.82, 2.24) is 4.90 Å². The quantitative estimate of drug-likeness (QED) is 0.489. The van der Waals surface area contributed by atoms with Crippen LogP contribution in [0.2, 0.25) is 0 Å². The summed E-state index contributed by atoms with van der Waals surface area (Å²) in [7, 11) is 0. The molecule has 78 valence electrons. The SMILES string of the molecule is F[B-](F)(F)CN1CCCC(F)(F)C1. The lowest BCUT2D eigenvalue weighted by atomic mass is 9.89. The van der Waals surface area contributed by atoms with Crippen molar-refractivity contribution in [3.63, 3.8) is 0 Å². The third kappa shape index (κ3) is 3.93. The van der Waals surface area contributed by atoms with Crippen LogP contribution in [0.3, 0.4) is 0 Å². The van der Waals surface area contributed by atoms with E-state index in [9.17, 15) is 21.7 Å². The normalized spacial score (nSPS) is 24.7. The van der Waals surface area contributed by atoms with Gasteiger partial charge >= 0.3 is 6.98 Å². The molecule has 0 unspecified atom stereocenters. The average Bonchev–Trinajstić information content (AvgIpc) is 1.79. The molecule has 1 nitrogen and oxygen atoms in total. The second-order valence-electron chi connectivity index (χ2n) is 3.40. The van der Waals surface area contributed by atoms with Crippen LogP contribution < -0.4 is 0 Å². The van der Waals surface area contributed by atoms with Crippen molar-refractivity contribution in [2.45, 2.75) is 18.8 Å². The van der Waals surface area contributed by atoms with E-state index in [1.165, 1.54) is 0 Å². The summed E-state index contributed by atoms with van der Waals surface area (Å²) < 4.78 is 60.9. The molecule has 0 radical (unpaired) electrons. The number of alkyl halides is 2. The Kier molecular flexibility index (Phi) is 2.84. The number of likely N-dealkylation sites (tertiary alicyclic amines) is 1. The van der Waals surface area contributed by atoms with Crippen LogP contribution in [-0.4, -0.2) is 37.3 Å². The molecule has 0 aromatic heterocycles. The van der Waals surface area contributed by atoms with Gasteiger partial charge in [0.15, 0.2) is 0 Å². The number of halogens is 5. The van der Waals surface area contributed by atoms with E-state index in [0.717, 1.165) is 4.90 Å². The van der Waals surface area contributed by atoms with E-state index in [0.29, 0.717) is 0 Å². The largest absolute Gasteiger partial charge is 0.492 e. The van der Waals surface area contributed by atoms with Crippen molar-refractivity contribution in [3.05, 3.63) is 0 Å². The van der Waals surface area contributed by atoms with E-state index in [2.05, 4.69) is 0 Å². The highest BCUT2D eigenvalue weighted by atomic mass is 19.4. The van der Waals surface area contributed by atoms with Gasteiger partial charge in [-0.05, 0) is 19.4 Å². The summed E-state index contributed by atoms with van der Waals surface area (Å²) in [6, 6.07) is 0. The van der Waals surface area contributed by atoms with E-state index in [1.54, 1.807) is 0 Å². The highest BCUT2D eigenvalue weighted by molar-refractivity contribution is 6.58. The van der Waals surface area contributed by atoms with Crippen molar-refractivity contribution in [3.8, 4) is 0 Å². The highest BCUT2D eigenvalue weighted by Crippen LogP contribution is 2.27. The molecular formula is C6H10BF5N-. The first-order valence-electron chi connectivity index (χ1n) is 4.10. The summed E-state index contributed by atoms with van der Waals surface area (Å²) in [6.07, 6.45) is -1.33. The molecule has 1 saturated heterocycles. The Morgan fingerprint density at radius 3 is 2.31 bits per heavy atom. The summed E-state index contributed by atoms with van der Waals surface area (Å²) in [4.78, 5) is 0.781. The van der Waals surface area contributed by atoms with Crippen LogP contribution in [0.15, 0.2) is 0 Å². The fourth-order valence-electron chi connectivity index (χ4n) is 1.50. The number of hydrogen-bond acceptors (Lipinski definition) is 1. The summed E-state index contributed by atoms with van der Waals surface area (Å²) in [5, 5.41) is 0. The van der Waals surface area contributed by atoms with Crippen LogP contribution in [0.4, 0.5) is 21.7 Å². The molecular weight excluding hydrogens is 192 g/mol.